The molecule has 1 fully saturated rings. The number of carbonyl (C=O) groups is 2. The van der Waals surface area contributed by atoms with Gasteiger partial charge < -0.3 is 14.4 Å². The molecule has 0 unspecified atom stereocenters. The van der Waals surface area contributed by atoms with Gasteiger partial charge in [0, 0.05) is 13.1 Å². The van der Waals surface area contributed by atoms with Crippen LogP contribution in [-0.2, 0) is 14.3 Å². The third-order valence-corrected chi connectivity index (χ3v) is 3.72. The number of nitriles is 1. The number of ether oxygens (including phenoxy) is 2. The Morgan fingerprint density at radius 2 is 2.13 bits per heavy atom. The Hall–Kier alpha value is -2.55. The summed E-state index contributed by atoms with van der Waals surface area (Å²) in [5, 5.41) is 8.93. The van der Waals surface area contributed by atoms with Crippen LogP contribution in [0.4, 0.5) is 0 Å². The summed E-state index contributed by atoms with van der Waals surface area (Å²) < 4.78 is 10.2. The molecule has 1 aliphatic heterocycles. The van der Waals surface area contributed by atoms with Crippen molar-refractivity contribution in [3.8, 4) is 11.8 Å². The SMILES string of the molecule is C[C@H]1CCCN(C(=O)COC(=O)COc2ccccc2C#N)C1. The first-order valence-corrected chi connectivity index (χ1v) is 7.65. The number of hydrogen-bond donors (Lipinski definition) is 0. The average molecular weight is 316 g/mol. The molecule has 0 N–H and O–H groups in total. The van der Waals surface area contributed by atoms with Gasteiger partial charge in [-0.3, -0.25) is 4.79 Å². The maximum atomic E-state index is 12.0. The lowest BCUT2D eigenvalue weighted by molar-refractivity contribution is -0.154. The molecule has 1 saturated heterocycles. The number of esters is 1. The van der Waals surface area contributed by atoms with Gasteiger partial charge in [-0.05, 0) is 30.9 Å². The molecule has 2 rings (SSSR count). The quantitative estimate of drug-likeness (QED) is 0.773. The highest BCUT2D eigenvalue weighted by molar-refractivity contribution is 5.81. The van der Waals surface area contributed by atoms with E-state index in [1.807, 2.05) is 6.07 Å². The number of carbonyl (C=O) groups excluding carboxylic acids is 2. The highest BCUT2D eigenvalue weighted by Gasteiger charge is 2.21. The van der Waals surface area contributed by atoms with Crippen molar-refractivity contribution in [1.29, 1.82) is 5.26 Å². The van der Waals surface area contributed by atoms with E-state index in [9.17, 15) is 9.59 Å². The number of para-hydroxylation sites is 1. The first kappa shape index (κ1) is 16.8. The first-order chi connectivity index (χ1) is 11.1. The van der Waals surface area contributed by atoms with Crippen LogP contribution >= 0.6 is 0 Å². The molecule has 0 aliphatic carbocycles. The van der Waals surface area contributed by atoms with Crippen LogP contribution in [0.25, 0.3) is 0 Å². The van der Waals surface area contributed by atoms with Crippen LogP contribution in [0.5, 0.6) is 5.75 Å². The first-order valence-electron chi connectivity index (χ1n) is 7.65. The second kappa shape index (κ2) is 8.18. The molecule has 1 aromatic rings. The van der Waals surface area contributed by atoms with Gasteiger partial charge in [0.1, 0.15) is 11.8 Å². The summed E-state index contributed by atoms with van der Waals surface area (Å²) in [7, 11) is 0. The summed E-state index contributed by atoms with van der Waals surface area (Å²) in [4.78, 5) is 25.4. The molecule has 6 nitrogen and oxygen atoms in total. The van der Waals surface area contributed by atoms with Crippen LogP contribution in [0.15, 0.2) is 24.3 Å². The van der Waals surface area contributed by atoms with Crippen molar-refractivity contribution in [2.75, 3.05) is 26.3 Å². The molecule has 1 aromatic carbocycles. The van der Waals surface area contributed by atoms with E-state index in [-0.39, 0.29) is 19.1 Å². The van der Waals surface area contributed by atoms with Crippen LogP contribution < -0.4 is 4.74 Å². The molecule has 6 heteroatoms. The molecule has 0 bridgehead atoms. The van der Waals surface area contributed by atoms with Crippen molar-refractivity contribution < 1.29 is 19.1 Å². The predicted molar refractivity (Wildman–Crippen MR) is 82.6 cm³/mol. The van der Waals surface area contributed by atoms with Gasteiger partial charge in [-0.25, -0.2) is 4.79 Å². The number of benzene rings is 1. The molecule has 0 aromatic heterocycles. The monoisotopic (exact) mass is 316 g/mol. The van der Waals surface area contributed by atoms with E-state index < -0.39 is 5.97 Å². The highest BCUT2D eigenvalue weighted by atomic mass is 16.6. The molecule has 1 amide bonds. The maximum absolute atomic E-state index is 12.0. The summed E-state index contributed by atoms with van der Waals surface area (Å²) in [6.07, 6.45) is 2.10. The second-order valence-corrected chi connectivity index (χ2v) is 5.64. The fourth-order valence-electron chi connectivity index (χ4n) is 2.51. The Morgan fingerprint density at radius 1 is 1.35 bits per heavy atom. The molecule has 1 atom stereocenters. The molecule has 122 valence electrons. The number of likely N-dealkylation sites (tertiary alicyclic amines) is 1. The molecular formula is C17H20N2O4. The Kier molecular flexibility index (Phi) is 5.98. The largest absolute Gasteiger partial charge is 0.481 e. The normalized spacial score (nSPS) is 17.2. The van der Waals surface area contributed by atoms with Gasteiger partial charge >= 0.3 is 5.97 Å². The molecule has 1 heterocycles. The smallest absolute Gasteiger partial charge is 0.344 e. The van der Waals surface area contributed by atoms with Crippen LogP contribution in [0.3, 0.4) is 0 Å². The van der Waals surface area contributed by atoms with Gasteiger partial charge in [-0.15, -0.1) is 0 Å². The van der Waals surface area contributed by atoms with E-state index in [2.05, 4.69) is 6.92 Å². The summed E-state index contributed by atoms with van der Waals surface area (Å²) in [6.45, 7) is 2.93. The zero-order valence-corrected chi connectivity index (χ0v) is 13.2. The summed E-state index contributed by atoms with van der Waals surface area (Å²) in [6, 6.07) is 8.60. The lowest BCUT2D eigenvalue weighted by atomic mass is 10.0. The minimum Gasteiger partial charge on any atom is -0.481 e. The molecular weight excluding hydrogens is 296 g/mol. The Balaban J connectivity index is 1.75. The lowest BCUT2D eigenvalue weighted by Gasteiger charge is -2.30. The van der Waals surface area contributed by atoms with Crippen molar-refractivity contribution in [2.24, 2.45) is 5.92 Å². The Morgan fingerprint density at radius 3 is 2.87 bits per heavy atom. The molecule has 1 aliphatic rings. The molecule has 0 radical (unpaired) electrons. The maximum Gasteiger partial charge on any atom is 0.344 e. The van der Waals surface area contributed by atoms with Gasteiger partial charge in [-0.2, -0.15) is 5.26 Å². The van der Waals surface area contributed by atoms with Crippen molar-refractivity contribution in [2.45, 2.75) is 19.8 Å². The molecule has 0 saturated carbocycles. The van der Waals surface area contributed by atoms with Crippen molar-refractivity contribution in [1.82, 2.24) is 4.90 Å². The van der Waals surface area contributed by atoms with Gasteiger partial charge in [0.15, 0.2) is 13.2 Å². The standard InChI is InChI=1S/C17H20N2O4/c1-13-5-4-8-19(10-13)16(20)11-23-17(21)12-22-15-7-3-2-6-14(15)9-18/h2-3,6-7,13H,4-5,8,10-12H2,1H3/t13-/m0/s1. The van der Waals surface area contributed by atoms with Crippen LogP contribution in [0.1, 0.15) is 25.3 Å². The zero-order chi connectivity index (χ0) is 16.7. The van der Waals surface area contributed by atoms with E-state index in [4.69, 9.17) is 14.7 Å². The van der Waals surface area contributed by atoms with Gasteiger partial charge in [0.25, 0.3) is 5.91 Å². The van der Waals surface area contributed by atoms with E-state index >= 15 is 0 Å². The third kappa shape index (κ3) is 4.99. The van der Waals surface area contributed by atoms with E-state index in [1.165, 1.54) is 0 Å². The van der Waals surface area contributed by atoms with E-state index in [1.54, 1.807) is 29.2 Å². The topological polar surface area (TPSA) is 79.6 Å². The van der Waals surface area contributed by atoms with Crippen molar-refractivity contribution >= 4 is 11.9 Å². The second-order valence-electron chi connectivity index (χ2n) is 5.64. The van der Waals surface area contributed by atoms with E-state index in [0.29, 0.717) is 30.3 Å². The van der Waals surface area contributed by atoms with Gasteiger partial charge in [0.2, 0.25) is 0 Å². The fourth-order valence-corrected chi connectivity index (χ4v) is 2.51. The van der Waals surface area contributed by atoms with Crippen LogP contribution in [-0.4, -0.2) is 43.1 Å². The van der Waals surface area contributed by atoms with E-state index in [0.717, 1.165) is 12.8 Å². The Bertz CT molecular complexity index is 609. The zero-order valence-electron chi connectivity index (χ0n) is 13.2. The van der Waals surface area contributed by atoms with Crippen LogP contribution in [0.2, 0.25) is 0 Å². The highest BCUT2D eigenvalue weighted by Crippen LogP contribution is 2.17. The fraction of sp³-hybridized carbons (Fsp3) is 0.471. The number of hydrogen-bond acceptors (Lipinski definition) is 5. The van der Waals surface area contributed by atoms with Gasteiger partial charge in [-0.1, -0.05) is 19.1 Å². The van der Waals surface area contributed by atoms with Crippen LogP contribution in [0, 0.1) is 17.2 Å². The summed E-state index contributed by atoms with van der Waals surface area (Å²) in [5.74, 6) is -0.00386. The Labute approximate surface area is 135 Å². The van der Waals surface area contributed by atoms with Crippen molar-refractivity contribution in [3.05, 3.63) is 29.8 Å². The number of amides is 1. The summed E-state index contributed by atoms with van der Waals surface area (Å²) in [5.41, 5.74) is 0.346. The number of piperidine rings is 1. The predicted octanol–water partition coefficient (Wildman–Crippen LogP) is 1.74. The van der Waals surface area contributed by atoms with Gasteiger partial charge in [0.05, 0.1) is 5.56 Å². The average Bonchev–Trinajstić information content (AvgIpc) is 2.58. The molecule has 0 spiro atoms. The minimum atomic E-state index is -0.629. The minimum absolute atomic E-state index is 0.178. The van der Waals surface area contributed by atoms with Crippen molar-refractivity contribution in [3.63, 3.8) is 0 Å². The summed E-state index contributed by atoms with van der Waals surface area (Å²) >= 11 is 0. The third-order valence-electron chi connectivity index (χ3n) is 3.72. The number of nitrogens with zero attached hydrogens (tertiary/aromatic N) is 2. The lowest BCUT2D eigenvalue weighted by Crippen LogP contribution is -2.41. The number of rotatable bonds is 5. The molecule has 23 heavy (non-hydrogen) atoms.